The topological polar surface area (TPSA) is 15.3 Å². The highest BCUT2D eigenvalue weighted by molar-refractivity contribution is 7.99. The van der Waals surface area contributed by atoms with Gasteiger partial charge in [-0.05, 0) is 37.6 Å². The summed E-state index contributed by atoms with van der Waals surface area (Å²) in [6.07, 6.45) is 0. The van der Waals surface area contributed by atoms with Gasteiger partial charge in [-0.2, -0.15) is 0 Å². The van der Waals surface area contributed by atoms with Crippen molar-refractivity contribution >= 4 is 11.8 Å². The number of halogens is 1. The highest BCUT2D eigenvalue weighted by atomic mass is 32.2. The fraction of sp³-hybridized carbons (Fsp3) is 0.571. The second-order valence-electron chi connectivity index (χ2n) is 4.86. The van der Waals surface area contributed by atoms with E-state index >= 15 is 0 Å². The predicted molar refractivity (Wildman–Crippen MR) is 75.8 cm³/mol. The zero-order chi connectivity index (χ0) is 13.0. The van der Waals surface area contributed by atoms with Crippen LogP contribution in [0.5, 0.6) is 0 Å². The number of piperazine rings is 1. The molecule has 0 radical (unpaired) electrons. The molecule has 1 aliphatic rings. The molecule has 1 aromatic carbocycles. The molecule has 1 fully saturated rings. The maximum atomic E-state index is 13.0. The van der Waals surface area contributed by atoms with Crippen LogP contribution in [0.4, 0.5) is 4.39 Å². The summed E-state index contributed by atoms with van der Waals surface area (Å²) in [5.41, 5.74) is 1.03. The van der Waals surface area contributed by atoms with Crippen LogP contribution in [-0.2, 0) is 0 Å². The van der Waals surface area contributed by atoms with Gasteiger partial charge in [-0.25, -0.2) is 4.39 Å². The third-order valence-corrected chi connectivity index (χ3v) is 4.81. The normalized spacial score (nSPS) is 18.8. The Morgan fingerprint density at radius 2 is 2.11 bits per heavy atom. The van der Waals surface area contributed by atoms with Crippen LogP contribution in [0.3, 0.4) is 0 Å². The first-order valence-corrected chi connectivity index (χ1v) is 7.49. The molecule has 0 amide bonds. The molecule has 4 heteroatoms. The van der Waals surface area contributed by atoms with Crippen LogP contribution in [0.25, 0.3) is 0 Å². The molecule has 1 heterocycles. The molecular formula is C14H21FN2S. The fourth-order valence-electron chi connectivity index (χ4n) is 2.21. The minimum Gasteiger partial charge on any atom is -0.314 e. The van der Waals surface area contributed by atoms with E-state index in [0.717, 1.165) is 37.5 Å². The van der Waals surface area contributed by atoms with Crippen molar-refractivity contribution in [3.05, 3.63) is 29.6 Å². The van der Waals surface area contributed by atoms with Gasteiger partial charge in [-0.15, -0.1) is 11.8 Å². The van der Waals surface area contributed by atoms with Crippen molar-refractivity contribution in [2.45, 2.75) is 24.8 Å². The van der Waals surface area contributed by atoms with Gasteiger partial charge in [-0.1, -0.05) is 0 Å². The zero-order valence-electron chi connectivity index (χ0n) is 11.1. The lowest BCUT2D eigenvalue weighted by atomic mass is 10.2. The molecule has 0 aliphatic carbocycles. The first-order chi connectivity index (χ1) is 8.66. The molecule has 0 spiro atoms. The molecule has 1 unspecified atom stereocenters. The van der Waals surface area contributed by atoms with E-state index in [1.165, 1.54) is 4.90 Å². The Kier molecular flexibility index (Phi) is 5.03. The number of hydrogen-bond acceptors (Lipinski definition) is 3. The van der Waals surface area contributed by atoms with Crippen molar-refractivity contribution in [2.75, 3.05) is 31.9 Å². The molecule has 1 aliphatic heterocycles. The summed E-state index contributed by atoms with van der Waals surface area (Å²) < 4.78 is 13.0. The van der Waals surface area contributed by atoms with Gasteiger partial charge in [-0.3, -0.25) is 4.90 Å². The summed E-state index contributed by atoms with van der Waals surface area (Å²) >= 11 is 1.83. The molecule has 1 N–H and O–H groups in total. The third kappa shape index (κ3) is 3.70. The molecule has 2 nitrogen and oxygen atoms in total. The van der Waals surface area contributed by atoms with E-state index in [4.69, 9.17) is 0 Å². The van der Waals surface area contributed by atoms with Crippen LogP contribution in [-0.4, -0.2) is 42.9 Å². The molecule has 1 saturated heterocycles. The van der Waals surface area contributed by atoms with Gasteiger partial charge in [0.15, 0.2) is 0 Å². The summed E-state index contributed by atoms with van der Waals surface area (Å²) in [5, 5.41) is 3.37. The van der Waals surface area contributed by atoms with Gasteiger partial charge in [0, 0.05) is 42.9 Å². The third-order valence-electron chi connectivity index (χ3n) is 3.39. The van der Waals surface area contributed by atoms with Gasteiger partial charge in [0.2, 0.25) is 0 Å². The van der Waals surface area contributed by atoms with Crippen LogP contribution in [0.1, 0.15) is 12.5 Å². The van der Waals surface area contributed by atoms with E-state index in [9.17, 15) is 4.39 Å². The number of rotatable bonds is 4. The molecule has 0 aromatic heterocycles. The predicted octanol–water partition coefficient (Wildman–Crippen LogP) is 2.52. The van der Waals surface area contributed by atoms with E-state index in [1.54, 1.807) is 12.1 Å². The summed E-state index contributed by atoms with van der Waals surface area (Å²) in [7, 11) is 0. The van der Waals surface area contributed by atoms with Gasteiger partial charge in [0.05, 0.1) is 0 Å². The SMILES string of the molecule is Cc1cc(F)ccc1SCC(C)N1CCNCC1. The van der Waals surface area contributed by atoms with E-state index in [0.29, 0.717) is 6.04 Å². The van der Waals surface area contributed by atoms with Crippen molar-refractivity contribution in [2.24, 2.45) is 0 Å². The fourth-order valence-corrected chi connectivity index (χ4v) is 3.30. The second kappa shape index (κ2) is 6.55. The molecule has 1 aromatic rings. The molecule has 0 bridgehead atoms. The van der Waals surface area contributed by atoms with Crippen LogP contribution < -0.4 is 5.32 Å². The Bertz CT molecular complexity index is 391. The first-order valence-electron chi connectivity index (χ1n) is 6.50. The van der Waals surface area contributed by atoms with Crippen LogP contribution in [0.15, 0.2) is 23.1 Å². The summed E-state index contributed by atoms with van der Waals surface area (Å²) in [4.78, 5) is 3.71. The van der Waals surface area contributed by atoms with Crippen LogP contribution in [0.2, 0.25) is 0 Å². The molecular weight excluding hydrogens is 247 g/mol. The second-order valence-corrected chi connectivity index (χ2v) is 5.92. The lowest BCUT2D eigenvalue weighted by molar-refractivity contribution is 0.198. The minimum absolute atomic E-state index is 0.146. The number of hydrogen-bond donors (Lipinski definition) is 1. The number of aryl methyl sites for hydroxylation is 1. The lowest BCUT2D eigenvalue weighted by Crippen LogP contribution is -2.48. The monoisotopic (exact) mass is 268 g/mol. The van der Waals surface area contributed by atoms with Crippen molar-refractivity contribution in [3.8, 4) is 0 Å². The van der Waals surface area contributed by atoms with E-state index in [2.05, 4.69) is 17.1 Å². The molecule has 1 atom stereocenters. The Labute approximate surface area is 113 Å². The average molecular weight is 268 g/mol. The van der Waals surface area contributed by atoms with Crippen molar-refractivity contribution in [1.29, 1.82) is 0 Å². The number of nitrogens with one attached hydrogen (secondary N) is 1. The minimum atomic E-state index is -0.146. The maximum Gasteiger partial charge on any atom is 0.123 e. The Morgan fingerprint density at radius 1 is 1.39 bits per heavy atom. The van der Waals surface area contributed by atoms with Gasteiger partial charge < -0.3 is 5.32 Å². The summed E-state index contributed by atoms with van der Waals surface area (Å²) in [6.45, 7) is 8.68. The molecule has 18 heavy (non-hydrogen) atoms. The van der Waals surface area contributed by atoms with Gasteiger partial charge in [0.25, 0.3) is 0 Å². The van der Waals surface area contributed by atoms with E-state index in [-0.39, 0.29) is 5.82 Å². The largest absolute Gasteiger partial charge is 0.314 e. The Balaban J connectivity index is 1.86. The Hall–Kier alpha value is -0.580. The lowest BCUT2D eigenvalue weighted by Gasteiger charge is -2.32. The van der Waals surface area contributed by atoms with E-state index < -0.39 is 0 Å². The molecule has 0 saturated carbocycles. The van der Waals surface area contributed by atoms with E-state index in [1.807, 2.05) is 24.8 Å². The van der Waals surface area contributed by atoms with Crippen molar-refractivity contribution in [3.63, 3.8) is 0 Å². The highest BCUT2D eigenvalue weighted by Crippen LogP contribution is 2.24. The van der Waals surface area contributed by atoms with Gasteiger partial charge in [0.1, 0.15) is 5.82 Å². The summed E-state index contributed by atoms with van der Waals surface area (Å²) in [5.74, 6) is 0.916. The standard InChI is InChI=1S/C14H21FN2S/c1-11-9-13(15)3-4-14(11)18-10-12(2)17-7-5-16-6-8-17/h3-4,9,12,16H,5-8,10H2,1-2H3. The number of benzene rings is 1. The van der Waals surface area contributed by atoms with Gasteiger partial charge >= 0.3 is 0 Å². The zero-order valence-corrected chi connectivity index (χ0v) is 11.9. The van der Waals surface area contributed by atoms with Crippen LogP contribution in [0, 0.1) is 12.7 Å². The number of thioether (sulfide) groups is 1. The Morgan fingerprint density at radius 3 is 2.78 bits per heavy atom. The molecule has 100 valence electrons. The molecule has 2 rings (SSSR count). The quantitative estimate of drug-likeness (QED) is 0.845. The maximum absolute atomic E-state index is 13.0. The highest BCUT2D eigenvalue weighted by Gasteiger charge is 2.16. The number of nitrogens with zero attached hydrogens (tertiary/aromatic N) is 1. The summed E-state index contributed by atoms with van der Waals surface area (Å²) in [6, 6.07) is 5.61. The first kappa shape index (κ1) is 13.8. The van der Waals surface area contributed by atoms with Crippen molar-refractivity contribution < 1.29 is 4.39 Å². The average Bonchev–Trinajstić information content (AvgIpc) is 2.38. The van der Waals surface area contributed by atoms with Crippen LogP contribution >= 0.6 is 11.8 Å². The van der Waals surface area contributed by atoms with Crippen molar-refractivity contribution in [1.82, 2.24) is 10.2 Å². The smallest absolute Gasteiger partial charge is 0.123 e.